The molecule has 0 aliphatic rings. The first kappa shape index (κ1) is 13.8. The number of aromatic nitrogens is 3. The molecule has 3 aromatic rings. The van der Waals surface area contributed by atoms with E-state index in [-0.39, 0.29) is 5.92 Å². The summed E-state index contributed by atoms with van der Waals surface area (Å²) in [6.45, 7) is 2.14. The van der Waals surface area contributed by atoms with Crippen molar-refractivity contribution in [2.45, 2.75) is 18.7 Å². The maximum atomic E-state index is 6.02. The van der Waals surface area contributed by atoms with Gasteiger partial charge in [-0.15, -0.1) is 21.8 Å². The Balaban J connectivity index is 2.10. The van der Waals surface area contributed by atoms with E-state index in [0.29, 0.717) is 5.88 Å². The van der Waals surface area contributed by atoms with Crippen LogP contribution in [-0.4, -0.2) is 14.8 Å². The molecule has 4 heteroatoms. The van der Waals surface area contributed by atoms with Crippen LogP contribution in [0.2, 0.25) is 0 Å². The van der Waals surface area contributed by atoms with Crippen LogP contribution in [0.15, 0.2) is 60.7 Å². The van der Waals surface area contributed by atoms with Crippen molar-refractivity contribution >= 4 is 11.6 Å². The van der Waals surface area contributed by atoms with Gasteiger partial charge in [-0.1, -0.05) is 55.5 Å². The largest absolute Gasteiger partial charge is 0.281 e. The number of benzene rings is 2. The van der Waals surface area contributed by atoms with Crippen LogP contribution in [0.3, 0.4) is 0 Å². The maximum Gasteiger partial charge on any atom is 0.152 e. The lowest BCUT2D eigenvalue weighted by Crippen LogP contribution is -2.08. The molecule has 0 radical (unpaired) electrons. The molecular formula is C17H16ClN3. The van der Waals surface area contributed by atoms with Crippen molar-refractivity contribution in [3.63, 3.8) is 0 Å². The maximum absolute atomic E-state index is 6.02. The number of nitrogens with zero attached hydrogens (tertiary/aromatic N) is 3. The fraction of sp³-hybridized carbons (Fsp3) is 0.176. The fourth-order valence-corrected chi connectivity index (χ4v) is 2.62. The van der Waals surface area contributed by atoms with Gasteiger partial charge in [-0.2, -0.15) is 0 Å². The van der Waals surface area contributed by atoms with Crippen LogP contribution in [0.4, 0.5) is 0 Å². The molecule has 0 N–H and O–H groups in total. The van der Waals surface area contributed by atoms with E-state index in [1.165, 1.54) is 5.56 Å². The summed E-state index contributed by atoms with van der Waals surface area (Å²) in [5.41, 5.74) is 2.25. The van der Waals surface area contributed by atoms with Crippen molar-refractivity contribution in [3.05, 3.63) is 77.9 Å². The van der Waals surface area contributed by atoms with E-state index in [0.717, 1.165) is 17.3 Å². The minimum Gasteiger partial charge on any atom is -0.281 e. The summed E-state index contributed by atoms with van der Waals surface area (Å²) in [5, 5.41) is 8.61. The van der Waals surface area contributed by atoms with Crippen LogP contribution in [0.5, 0.6) is 0 Å². The lowest BCUT2D eigenvalue weighted by Gasteiger charge is -2.14. The van der Waals surface area contributed by atoms with E-state index in [1.54, 1.807) is 0 Å². The van der Waals surface area contributed by atoms with Gasteiger partial charge in [-0.25, -0.2) is 0 Å². The molecule has 1 unspecified atom stereocenters. The molecule has 1 aromatic heterocycles. The van der Waals surface area contributed by atoms with E-state index in [1.807, 2.05) is 53.1 Å². The molecule has 3 nitrogen and oxygen atoms in total. The highest BCUT2D eigenvalue weighted by Crippen LogP contribution is 2.26. The van der Waals surface area contributed by atoms with Crippen molar-refractivity contribution in [1.82, 2.24) is 14.8 Å². The molecule has 0 fully saturated rings. The van der Waals surface area contributed by atoms with E-state index in [9.17, 15) is 0 Å². The Morgan fingerprint density at radius 2 is 1.57 bits per heavy atom. The molecule has 3 rings (SSSR count). The van der Waals surface area contributed by atoms with E-state index < -0.39 is 0 Å². The smallest absolute Gasteiger partial charge is 0.152 e. The molecule has 0 amide bonds. The second-order valence-electron chi connectivity index (χ2n) is 4.91. The van der Waals surface area contributed by atoms with Crippen molar-refractivity contribution < 1.29 is 0 Å². The molecule has 106 valence electrons. The monoisotopic (exact) mass is 297 g/mol. The molecule has 0 spiro atoms. The molecule has 0 aliphatic carbocycles. The van der Waals surface area contributed by atoms with Gasteiger partial charge < -0.3 is 0 Å². The molecule has 1 atom stereocenters. The van der Waals surface area contributed by atoms with E-state index in [4.69, 9.17) is 11.6 Å². The van der Waals surface area contributed by atoms with Crippen molar-refractivity contribution in [2.24, 2.45) is 0 Å². The van der Waals surface area contributed by atoms with Gasteiger partial charge in [0.15, 0.2) is 5.82 Å². The summed E-state index contributed by atoms with van der Waals surface area (Å²) >= 11 is 6.02. The Morgan fingerprint density at radius 3 is 2.19 bits per heavy atom. The Hall–Kier alpha value is -2.13. The highest BCUT2D eigenvalue weighted by atomic mass is 35.5. The lowest BCUT2D eigenvalue weighted by atomic mass is 10.0. The van der Waals surface area contributed by atoms with Gasteiger partial charge in [-0.3, -0.25) is 4.57 Å². The van der Waals surface area contributed by atoms with Gasteiger partial charge in [0, 0.05) is 11.6 Å². The predicted molar refractivity (Wildman–Crippen MR) is 84.9 cm³/mol. The average molecular weight is 298 g/mol. The summed E-state index contributed by atoms with van der Waals surface area (Å²) in [6, 6.07) is 20.4. The third-order valence-electron chi connectivity index (χ3n) is 3.58. The van der Waals surface area contributed by atoms with Crippen molar-refractivity contribution in [2.75, 3.05) is 0 Å². The number of halogens is 1. The minimum atomic E-state index is 0.149. The van der Waals surface area contributed by atoms with E-state index in [2.05, 4.69) is 29.3 Å². The zero-order valence-corrected chi connectivity index (χ0v) is 12.5. The minimum absolute atomic E-state index is 0.149. The average Bonchev–Trinajstić information content (AvgIpc) is 2.99. The number of alkyl halides is 1. The van der Waals surface area contributed by atoms with Gasteiger partial charge >= 0.3 is 0 Å². The molecule has 0 aliphatic heterocycles. The summed E-state index contributed by atoms with van der Waals surface area (Å²) < 4.78 is 2.05. The first-order valence-corrected chi connectivity index (χ1v) is 7.45. The molecule has 0 saturated carbocycles. The van der Waals surface area contributed by atoms with Crippen LogP contribution < -0.4 is 0 Å². The van der Waals surface area contributed by atoms with Crippen LogP contribution >= 0.6 is 11.6 Å². The summed E-state index contributed by atoms with van der Waals surface area (Å²) in [7, 11) is 0. The van der Waals surface area contributed by atoms with Gasteiger partial charge in [0.2, 0.25) is 0 Å². The van der Waals surface area contributed by atoms with Gasteiger partial charge in [0.25, 0.3) is 0 Å². The second-order valence-corrected chi connectivity index (χ2v) is 5.18. The summed E-state index contributed by atoms with van der Waals surface area (Å²) in [5.74, 6) is 2.16. The predicted octanol–water partition coefficient (Wildman–Crippen LogP) is 4.16. The van der Waals surface area contributed by atoms with Crippen LogP contribution in [0, 0.1) is 0 Å². The highest BCUT2D eigenvalue weighted by Gasteiger charge is 2.19. The van der Waals surface area contributed by atoms with Crippen molar-refractivity contribution in [1.29, 1.82) is 0 Å². The van der Waals surface area contributed by atoms with Gasteiger partial charge in [0.1, 0.15) is 5.82 Å². The zero-order valence-electron chi connectivity index (χ0n) is 11.8. The SMILES string of the molecule is CC(c1ccccc1)c1nnc(CCl)n1-c1ccccc1. The van der Waals surface area contributed by atoms with E-state index >= 15 is 0 Å². The Kier molecular flexibility index (Phi) is 4.02. The highest BCUT2D eigenvalue weighted by molar-refractivity contribution is 6.16. The van der Waals surface area contributed by atoms with Crippen LogP contribution in [0.1, 0.15) is 30.1 Å². The topological polar surface area (TPSA) is 30.7 Å². The molecule has 0 bridgehead atoms. The number of para-hydroxylation sites is 1. The second kappa shape index (κ2) is 6.10. The molecule has 2 aromatic carbocycles. The normalized spacial score (nSPS) is 12.3. The Bertz CT molecular complexity index is 707. The Labute approximate surface area is 129 Å². The first-order valence-electron chi connectivity index (χ1n) is 6.91. The molecular weight excluding hydrogens is 282 g/mol. The van der Waals surface area contributed by atoms with Gasteiger partial charge in [0.05, 0.1) is 5.88 Å². The zero-order chi connectivity index (χ0) is 14.7. The first-order chi connectivity index (χ1) is 10.3. The number of rotatable bonds is 4. The fourth-order valence-electron chi connectivity index (χ4n) is 2.45. The van der Waals surface area contributed by atoms with Crippen LogP contribution in [0.25, 0.3) is 5.69 Å². The number of hydrogen-bond donors (Lipinski definition) is 0. The lowest BCUT2D eigenvalue weighted by molar-refractivity contribution is 0.776. The summed E-state index contributed by atoms with van der Waals surface area (Å²) in [6.07, 6.45) is 0. The molecule has 21 heavy (non-hydrogen) atoms. The van der Waals surface area contributed by atoms with Crippen LogP contribution in [-0.2, 0) is 5.88 Å². The third kappa shape index (κ3) is 2.69. The molecule has 1 heterocycles. The standard InChI is InChI=1S/C17H16ClN3/c1-13(14-8-4-2-5-9-14)17-20-19-16(12-18)21(17)15-10-6-3-7-11-15/h2-11,13H,12H2,1H3. The van der Waals surface area contributed by atoms with Gasteiger partial charge in [-0.05, 0) is 17.7 Å². The third-order valence-corrected chi connectivity index (χ3v) is 3.81. The number of hydrogen-bond acceptors (Lipinski definition) is 2. The van der Waals surface area contributed by atoms with Crippen molar-refractivity contribution in [3.8, 4) is 5.69 Å². The summed E-state index contributed by atoms with van der Waals surface area (Å²) in [4.78, 5) is 0. The Morgan fingerprint density at radius 1 is 0.952 bits per heavy atom. The quantitative estimate of drug-likeness (QED) is 0.677. The molecule has 0 saturated heterocycles.